The maximum Gasteiger partial charge on any atom is 0.234 e. The number of carbonyl (C=O) groups is 1. The molecule has 0 fully saturated rings. The maximum absolute atomic E-state index is 12.2. The third kappa shape index (κ3) is 4.26. The van der Waals surface area contributed by atoms with Crippen LogP contribution in [0.4, 0.5) is 5.69 Å². The molecule has 0 spiro atoms. The molecule has 1 aromatic heterocycles. The van der Waals surface area contributed by atoms with Crippen LogP contribution in [0.1, 0.15) is 12.5 Å². The van der Waals surface area contributed by atoms with Gasteiger partial charge in [0.25, 0.3) is 0 Å². The van der Waals surface area contributed by atoms with E-state index in [1.807, 2.05) is 12.1 Å². The Hall–Kier alpha value is -3.06. The average Bonchev–Trinajstić information content (AvgIpc) is 3.21. The zero-order valence-electron chi connectivity index (χ0n) is 15.3. The smallest absolute Gasteiger partial charge is 0.234 e. The number of amides is 1. The Morgan fingerprint density at radius 1 is 1.04 bits per heavy atom. The van der Waals surface area contributed by atoms with E-state index >= 15 is 0 Å². The summed E-state index contributed by atoms with van der Waals surface area (Å²) in [7, 11) is 0. The van der Waals surface area contributed by atoms with E-state index in [0.717, 1.165) is 17.7 Å². The van der Waals surface area contributed by atoms with Crippen LogP contribution in [-0.2, 0) is 11.2 Å². The van der Waals surface area contributed by atoms with Crippen molar-refractivity contribution in [2.75, 3.05) is 17.9 Å². The Labute approximate surface area is 167 Å². The summed E-state index contributed by atoms with van der Waals surface area (Å²) in [5.74, 6) is 1.45. The highest BCUT2D eigenvalue weighted by Gasteiger charge is 2.14. The van der Waals surface area contributed by atoms with Crippen molar-refractivity contribution in [3.05, 3.63) is 60.2 Å². The molecule has 3 aromatic rings. The third-order valence-electron chi connectivity index (χ3n) is 4.31. The standard InChI is InChI=1S/C21H19N3O3S/c1-2-14-3-5-15(6-4-14)17-8-10-21(24-23-17)28-12-20(25)22-16-7-9-18-19(11-16)27-13-26-18/h3-11H,2,12-13H2,1H3,(H,22,25). The van der Waals surface area contributed by atoms with Crippen LogP contribution in [0.3, 0.4) is 0 Å². The van der Waals surface area contributed by atoms with Crippen LogP contribution in [0, 0.1) is 0 Å². The Morgan fingerprint density at radius 2 is 1.86 bits per heavy atom. The van der Waals surface area contributed by atoms with Crippen molar-refractivity contribution in [2.45, 2.75) is 18.4 Å². The average molecular weight is 393 g/mol. The topological polar surface area (TPSA) is 73.3 Å². The van der Waals surface area contributed by atoms with Crippen molar-refractivity contribution in [1.82, 2.24) is 10.2 Å². The SMILES string of the molecule is CCc1ccc(-c2ccc(SCC(=O)Nc3ccc4c(c3)OCO4)nn2)cc1. The first-order valence-corrected chi connectivity index (χ1v) is 9.95. The molecule has 6 nitrogen and oxygen atoms in total. The summed E-state index contributed by atoms with van der Waals surface area (Å²) in [4.78, 5) is 12.2. The molecule has 28 heavy (non-hydrogen) atoms. The normalized spacial score (nSPS) is 12.0. The Kier molecular flexibility index (Phi) is 5.43. The molecule has 0 unspecified atom stereocenters. The fourth-order valence-electron chi connectivity index (χ4n) is 2.77. The van der Waals surface area contributed by atoms with E-state index in [4.69, 9.17) is 9.47 Å². The summed E-state index contributed by atoms with van der Waals surface area (Å²) in [6.45, 7) is 2.34. The number of nitrogens with zero attached hydrogens (tertiary/aromatic N) is 2. The number of hydrogen-bond donors (Lipinski definition) is 1. The summed E-state index contributed by atoms with van der Waals surface area (Å²) < 4.78 is 10.6. The lowest BCUT2D eigenvalue weighted by atomic mass is 10.1. The van der Waals surface area contributed by atoms with Crippen molar-refractivity contribution in [1.29, 1.82) is 0 Å². The van der Waals surface area contributed by atoms with Crippen molar-refractivity contribution in [3.8, 4) is 22.8 Å². The predicted molar refractivity (Wildman–Crippen MR) is 109 cm³/mol. The summed E-state index contributed by atoms with van der Waals surface area (Å²) in [6.07, 6.45) is 1.01. The highest BCUT2D eigenvalue weighted by molar-refractivity contribution is 7.99. The highest BCUT2D eigenvalue weighted by Crippen LogP contribution is 2.34. The Balaban J connectivity index is 1.32. The van der Waals surface area contributed by atoms with E-state index in [1.165, 1.54) is 17.3 Å². The fraction of sp³-hybridized carbons (Fsp3) is 0.190. The molecule has 7 heteroatoms. The minimum atomic E-state index is -0.120. The molecule has 1 aliphatic rings. The molecule has 0 atom stereocenters. The number of carbonyl (C=O) groups excluding carboxylic acids is 1. The van der Waals surface area contributed by atoms with Gasteiger partial charge in [0, 0.05) is 17.3 Å². The van der Waals surface area contributed by atoms with E-state index in [9.17, 15) is 4.79 Å². The largest absolute Gasteiger partial charge is 0.454 e. The van der Waals surface area contributed by atoms with Gasteiger partial charge in [-0.2, -0.15) is 0 Å². The minimum Gasteiger partial charge on any atom is -0.454 e. The fourth-order valence-corrected chi connectivity index (χ4v) is 3.39. The summed E-state index contributed by atoms with van der Waals surface area (Å²) in [5, 5.41) is 12.0. The lowest BCUT2D eigenvalue weighted by Gasteiger charge is -2.06. The van der Waals surface area contributed by atoms with Crippen molar-refractivity contribution in [3.63, 3.8) is 0 Å². The number of ether oxygens (including phenoxy) is 2. The van der Waals surface area contributed by atoms with Gasteiger partial charge in [0.1, 0.15) is 5.03 Å². The van der Waals surface area contributed by atoms with Gasteiger partial charge < -0.3 is 14.8 Å². The molecule has 0 bridgehead atoms. The predicted octanol–water partition coefficient (Wildman–Crippen LogP) is 4.17. The summed E-state index contributed by atoms with van der Waals surface area (Å²) in [5.41, 5.74) is 3.81. The van der Waals surface area contributed by atoms with Crippen molar-refractivity contribution in [2.24, 2.45) is 0 Å². The van der Waals surface area contributed by atoms with Crippen LogP contribution in [0.15, 0.2) is 59.6 Å². The first-order chi connectivity index (χ1) is 13.7. The monoisotopic (exact) mass is 393 g/mol. The van der Waals surface area contributed by atoms with E-state index < -0.39 is 0 Å². The molecule has 0 saturated carbocycles. The summed E-state index contributed by atoms with van der Waals surface area (Å²) in [6, 6.07) is 17.4. The second kappa shape index (κ2) is 8.31. The van der Waals surface area contributed by atoms with Gasteiger partial charge in [-0.1, -0.05) is 43.0 Å². The maximum atomic E-state index is 12.2. The molecule has 1 aliphatic heterocycles. The first-order valence-electron chi connectivity index (χ1n) is 8.96. The van der Waals surface area contributed by atoms with E-state index in [0.29, 0.717) is 22.2 Å². The van der Waals surface area contributed by atoms with Crippen LogP contribution >= 0.6 is 11.8 Å². The number of anilines is 1. The van der Waals surface area contributed by atoms with Crippen LogP contribution in [-0.4, -0.2) is 28.7 Å². The van der Waals surface area contributed by atoms with Crippen molar-refractivity contribution < 1.29 is 14.3 Å². The van der Waals surface area contributed by atoms with Crippen LogP contribution in [0.5, 0.6) is 11.5 Å². The number of aryl methyl sites for hydroxylation is 1. The molecule has 142 valence electrons. The van der Waals surface area contributed by atoms with Gasteiger partial charge >= 0.3 is 0 Å². The summed E-state index contributed by atoms with van der Waals surface area (Å²) >= 11 is 1.34. The molecular formula is C21H19N3O3S. The molecule has 0 aliphatic carbocycles. The first kappa shape index (κ1) is 18.3. The molecule has 2 heterocycles. The molecule has 2 aromatic carbocycles. The van der Waals surface area contributed by atoms with E-state index in [2.05, 4.69) is 46.7 Å². The van der Waals surface area contributed by atoms with Gasteiger partial charge in [0.05, 0.1) is 11.4 Å². The molecule has 0 radical (unpaired) electrons. The third-order valence-corrected chi connectivity index (χ3v) is 5.23. The molecule has 4 rings (SSSR count). The quantitative estimate of drug-likeness (QED) is 0.634. The van der Waals surface area contributed by atoms with E-state index in [-0.39, 0.29) is 18.5 Å². The van der Waals surface area contributed by atoms with Gasteiger partial charge in [-0.05, 0) is 36.2 Å². The molecule has 1 N–H and O–H groups in total. The molecule has 0 saturated heterocycles. The number of fused-ring (bicyclic) bond motifs is 1. The van der Waals surface area contributed by atoms with E-state index in [1.54, 1.807) is 18.2 Å². The van der Waals surface area contributed by atoms with Crippen molar-refractivity contribution >= 4 is 23.4 Å². The minimum absolute atomic E-state index is 0.120. The Bertz CT molecular complexity index is 975. The molecular weight excluding hydrogens is 374 g/mol. The van der Waals surface area contributed by atoms with Crippen LogP contribution in [0.25, 0.3) is 11.3 Å². The van der Waals surface area contributed by atoms with Crippen LogP contribution < -0.4 is 14.8 Å². The van der Waals surface area contributed by atoms with Gasteiger partial charge in [-0.3, -0.25) is 4.79 Å². The highest BCUT2D eigenvalue weighted by atomic mass is 32.2. The zero-order chi connectivity index (χ0) is 19.3. The second-order valence-electron chi connectivity index (χ2n) is 6.21. The number of nitrogens with one attached hydrogen (secondary N) is 1. The van der Waals surface area contributed by atoms with Gasteiger partial charge in [0.15, 0.2) is 11.5 Å². The van der Waals surface area contributed by atoms with Crippen LogP contribution in [0.2, 0.25) is 0 Å². The van der Waals surface area contributed by atoms with Gasteiger partial charge in [-0.15, -0.1) is 10.2 Å². The zero-order valence-corrected chi connectivity index (χ0v) is 16.2. The lowest BCUT2D eigenvalue weighted by molar-refractivity contribution is -0.113. The second-order valence-corrected chi connectivity index (χ2v) is 7.21. The Morgan fingerprint density at radius 3 is 2.61 bits per heavy atom. The number of thioether (sulfide) groups is 1. The molecule has 1 amide bonds. The number of benzene rings is 2. The number of rotatable bonds is 6. The number of hydrogen-bond acceptors (Lipinski definition) is 6. The van der Waals surface area contributed by atoms with Gasteiger partial charge in [0.2, 0.25) is 12.7 Å². The number of aromatic nitrogens is 2. The van der Waals surface area contributed by atoms with Gasteiger partial charge in [-0.25, -0.2) is 0 Å². The lowest BCUT2D eigenvalue weighted by Crippen LogP contribution is -2.14.